The number of likely N-dealkylation sites (tertiary alicyclic amines) is 1. The first-order chi connectivity index (χ1) is 13.1. The lowest BCUT2D eigenvalue weighted by atomic mass is 9.90. The molecule has 27 heavy (non-hydrogen) atoms. The van der Waals surface area contributed by atoms with Crippen molar-refractivity contribution in [3.63, 3.8) is 0 Å². The van der Waals surface area contributed by atoms with Crippen LogP contribution in [0.25, 0.3) is 11.1 Å². The van der Waals surface area contributed by atoms with Crippen LogP contribution in [0.4, 0.5) is 0 Å². The molecule has 1 amide bonds. The number of aromatic amines is 1. The van der Waals surface area contributed by atoms with Crippen molar-refractivity contribution in [2.75, 3.05) is 13.1 Å². The summed E-state index contributed by atoms with van der Waals surface area (Å²) in [6, 6.07) is 12.0. The topological polar surface area (TPSA) is 75.0 Å². The van der Waals surface area contributed by atoms with Crippen LogP contribution in [0.1, 0.15) is 60.5 Å². The Hall–Kier alpha value is -2.89. The van der Waals surface area contributed by atoms with Gasteiger partial charge in [0.25, 0.3) is 5.91 Å². The molecule has 4 rings (SSSR count). The van der Waals surface area contributed by atoms with Crippen LogP contribution in [-0.4, -0.2) is 39.3 Å². The summed E-state index contributed by atoms with van der Waals surface area (Å²) < 4.78 is 5.30. The zero-order chi connectivity index (χ0) is 18.8. The lowest BCUT2D eigenvalue weighted by Gasteiger charge is -2.32. The number of hydrogen-bond donors (Lipinski definition) is 1. The average molecular weight is 364 g/mol. The van der Waals surface area contributed by atoms with Crippen molar-refractivity contribution in [1.29, 1.82) is 0 Å². The smallest absolute Gasteiger partial charge is 0.276 e. The molecule has 0 unspecified atom stereocenters. The Morgan fingerprint density at radius 1 is 1.30 bits per heavy atom. The first kappa shape index (κ1) is 17.5. The molecule has 6 nitrogen and oxygen atoms in total. The minimum absolute atomic E-state index is 0.0591. The average Bonchev–Trinajstić information content (AvgIpc) is 3.38. The zero-order valence-electron chi connectivity index (χ0n) is 15.7. The van der Waals surface area contributed by atoms with E-state index in [2.05, 4.69) is 27.5 Å². The van der Waals surface area contributed by atoms with Crippen LogP contribution in [-0.2, 0) is 0 Å². The van der Waals surface area contributed by atoms with E-state index in [0.717, 1.165) is 42.0 Å². The number of carbonyl (C=O) groups excluding carboxylic acids is 1. The number of nitrogens with one attached hydrogen (secondary N) is 1. The normalized spacial score (nSPS) is 17.4. The number of nitrogens with zero attached hydrogens (tertiary/aromatic N) is 3. The number of hydrogen-bond acceptors (Lipinski definition) is 4. The third-order valence-corrected chi connectivity index (χ3v) is 5.19. The summed E-state index contributed by atoms with van der Waals surface area (Å²) in [5.41, 5.74) is 3.75. The molecule has 0 radical (unpaired) electrons. The van der Waals surface area contributed by atoms with Crippen molar-refractivity contribution in [2.24, 2.45) is 0 Å². The van der Waals surface area contributed by atoms with Gasteiger partial charge in [0.2, 0.25) is 0 Å². The van der Waals surface area contributed by atoms with Crippen molar-refractivity contribution in [2.45, 2.75) is 38.5 Å². The molecular weight excluding hydrogens is 340 g/mol. The van der Waals surface area contributed by atoms with Gasteiger partial charge >= 0.3 is 0 Å². The van der Waals surface area contributed by atoms with Gasteiger partial charge in [0, 0.05) is 42.2 Å². The number of amides is 1. The van der Waals surface area contributed by atoms with E-state index in [-0.39, 0.29) is 17.7 Å². The van der Waals surface area contributed by atoms with Gasteiger partial charge in [0.1, 0.15) is 5.76 Å². The molecule has 1 N–H and O–H groups in total. The summed E-state index contributed by atoms with van der Waals surface area (Å²) in [6.45, 7) is 5.45. The molecule has 1 aliphatic heterocycles. The predicted molar refractivity (Wildman–Crippen MR) is 102 cm³/mol. The molecule has 0 spiro atoms. The highest BCUT2D eigenvalue weighted by Gasteiger charge is 2.29. The van der Waals surface area contributed by atoms with Crippen molar-refractivity contribution in [3.8, 4) is 11.1 Å². The Bertz CT molecular complexity index is 913. The van der Waals surface area contributed by atoms with E-state index in [1.807, 2.05) is 43.1 Å². The van der Waals surface area contributed by atoms with Crippen LogP contribution >= 0.6 is 0 Å². The Kier molecular flexibility index (Phi) is 4.79. The van der Waals surface area contributed by atoms with E-state index in [1.54, 1.807) is 6.07 Å². The standard InChI is InChI=1S/C21H24N4O2/c1-14(2)19-11-18(24-27-19)21(26)25-10-6-9-16(13-25)20-17(12-22-23-20)15-7-4-3-5-8-15/h3-5,7-8,11-12,14,16H,6,9-10,13H2,1-2H3,(H,22,23)/t16-/m0/s1. The fourth-order valence-corrected chi connectivity index (χ4v) is 3.68. The molecule has 6 heteroatoms. The molecule has 1 atom stereocenters. The summed E-state index contributed by atoms with van der Waals surface area (Å²) in [5, 5.41) is 11.4. The number of H-pyrrole nitrogens is 1. The molecule has 1 fully saturated rings. The minimum Gasteiger partial charge on any atom is -0.360 e. The third kappa shape index (κ3) is 3.52. The summed E-state index contributed by atoms with van der Waals surface area (Å²) in [7, 11) is 0. The predicted octanol–water partition coefficient (Wildman–Crippen LogP) is 4.21. The second-order valence-corrected chi connectivity index (χ2v) is 7.42. The molecule has 0 bridgehead atoms. The van der Waals surface area contributed by atoms with Gasteiger partial charge in [0.05, 0.1) is 6.20 Å². The number of aromatic nitrogens is 3. The van der Waals surface area contributed by atoms with E-state index in [9.17, 15) is 4.79 Å². The Balaban J connectivity index is 1.54. The van der Waals surface area contributed by atoms with E-state index >= 15 is 0 Å². The zero-order valence-corrected chi connectivity index (χ0v) is 15.7. The molecule has 2 aromatic heterocycles. The van der Waals surface area contributed by atoms with Gasteiger partial charge in [-0.1, -0.05) is 49.3 Å². The highest BCUT2D eigenvalue weighted by molar-refractivity contribution is 5.92. The Morgan fingerprint density at radius 3 is 2.85 bits per heavy atom. The van der Waals surface area contributed by atoms with Crippen LogP contribution in [0.3, 0.4) is 0 Å². The van der Waals surface area contributed by atoms with Gasteiger partial charge in [-0.3, -0.25) is 9.89 Å². The largest absolute Gasteiger partial charge is 0.360 e. The first-order valence-corrected chi connectivity index (χ1v) is 9.48. The second-order valence-electron chi connectivity index (χ2n) is 7.42. The maximum atomic E-state index is 12.9. The van der Waals surface area contributed by atoms with Gasteiger partial charge in [-0.2, -0.15) is 5.10 Å². The van der Waals surface area contributed by atoms with Crippen LogP contribution in [0.15, 0.2) is 47.1 Å². The first-order valence-electron chi connectivity index (χ1n) is 9.48. The molecular formula is C21H24N4O2. The van der Waals surface area contributed by atoms with Crippen molar-refractivity contribution < 1.29 is 9.32 Å². The third-order valence-electron chi connectivity index (χ3n) is 5.19. The lowest BCUT2D eigenvalue weighted by Crippen LogP contribution is -2.39. The number of piperidine rings is 1. The maximum absolute atomic E-state index is 12.9. The molecule has 0 aliphatic carbocycles. The van der Waals surface area contributed by atoms with Gasteiger partial charge in [-0.15, -0.1) is 0 Å². The highest BCUT2D eigenvalue weighted by Crippen LogP contribution is 2.33. The summed E-state index contributed by atoms with van der Waals surface area (Å²) in [6.07, 6.45) is 3.86. The molecule has 0 saturated carbocycles. The summed E-state index contributed by atoms with van der Waals surface area (Å²) in [5.74, 6) is 1.13. The maximum Gasteiger partial charge on any atom is 0.276 e. The van der Waals surface area contributed by atoms with Crippen LogP contribution in [0.2, 0.25) is 0 Å². The van der Waals surface area contributed by atoms with Crippen LogP contribution in [0, 0.1) is 0 Å². The van der Waals surface area contributed by atoms with E-state index < -0.39 is 0 Å². The highest BCUT2D eigenvalue weighted by atomic mass is 16.5. The molecule has 140 valence electrons. The van der Waals surface area contributed by atoms with E-state index in [1.165, 1.54) is 0 Å². The van der Waals surface area contributed by atoms with Crippen LogP contribution < -0.4 is 0 Å². The van der Waals surface area contributed by atoms with E-state index in [0.29, 0.717) is 12.2 Å². The lowest BCUT2D eigenvalue weighted by molar-refractivity contribution is 0.0695. The second kappa shape index (κ2) is 7.39. The fourth-order valence-electron chi connectivity index (χ4n) is 3.68. The molecule has 3 aromatic rings. The van der Waals surface area contributed by atoms with Crippen LogP contribution in [0.5, 0.6) is 0 Å². The SMILES string of the molecule is CC(C)c1cc(C(=O)N2CCC[C@H](c3[nH]ncc3-c3ccccc3)C2)no1. The minimum atomic E-state index is -0.0591. The summed E-state index contributed by atoms with van der Waals surface area (Å²) in [4.78, 5) is 14.8. The summed E-state index contributed by atoms with van der Waals surface area (Å²) >= 11 is 0. The Morgan fingerprint density at radius 2 is 2.11 bits per heavy atom. The monoisotopic (exact) mass is 364 g/mol. The number of rotatable bonds is 4. The van der Waals surface area contributed by atoms with Gasteiger partial charge in [-0.25, -0.2) is 0 Å². The van der Waals surface area contributed by atoms with Crippen molar-refractivity contribution in [1.82, 2.24) is 20.3 Å². The molecule has 1 aromatic carbocycles. The van der Waals surface area contributed by atoms with Crippen molar-refractivity contribution in [3.05, 3.63) is 59.7 Å². The number of benzene rings is 1. The molecule has 1 saturated heterocycles. The van der Waals surface area contributed by atoms with Gasteiger partial charge in [0.15, 0.2) is 5.69 Å². The quantitative estimate of drug-likeness (QED) is 0.752. The molecule has 3 heterocycles. The number of carbonyl (C=O) groups is 1. The van der Waals surface area contributed by atoms with E-state index in [4.69, 9.17) is 4.52 Å². The van der Waals surface area contributed by atoms with Gasteiger partial charge in [-0.05, 0) is 18.4 Å². The Labute approximate surface area is 158 Å². The van der Waals surface area contributed by atoms with Crippen molar-refractivity contribution >= 4 is 5.91 Å². The fraction of sp³-hybridized carbons (Fsp3) is 0.381. The molecule has 1 aliphatic rings. The van der Waals surface area contributed by atoms with Gasteiger partial charge < -0.3 is 9.42 Å².